The van der Waals surface area contributed by atoms with Gasteiger partial charge in [0.15, 0.2) is 0 Å². The zero-order valence-electron chi connectivity index (χ0n) is 16.1. The second-order valence-electron chi connectivity index (χ2n) is 6.91. The minimum atomic E-state index is -0.659. The van der Waals surface area contributed by atoms with E-state index in [1.54, 1.807) is 36.8 Å². The number of hydrogen-bond acceptors (Lipinski definition) is 4. The number of aromatic amines is 1. The lowest BCUT2D eigenvalue weighted by Gasteiger charge is -2.10. The first-order valence-electron chi connectivity index (χ1n) is 8.99. The molecular formula is C22H16ClFN4O2. The summed E-state index contributed by atoms with van der Waals surface area (Å²) in [5.74, 6) is -1.63. The highest BCUT2D eigenvalue weighted by Crippen LogP contribution is 2.38. The summed E-state index contributed by atoms with van der Waals surface area (Å²) >= 11 is 6.73. The SMILES string of the molecule is CN(C)C(=O)C(=O)c1cncc(-c2cnc3[nH]cc(-c4ccc(F)cc4)c3c2Cl)c1. The Hall–Kier alpha value is -3.58. The van der Waals surface area contributed by atoms with Gasteiger partial charge in [-0.25, -0.2) is 9.37 Å². The third-order valence-electron chi connectivity index (χ3n) is 4.71. The largest absolute Gasteiger partial charge is 0.345 e. The van der Waals surface area contributed by atoms with Crippen LogP contribution < -0.4 is 0 Å². The van der Waals surface area contributed by atoms with E-state index < -0.39 is 11.7 Å². The molecule has 0 saturated carbocycles. The topological polar surface area (TPSA) is 79.0 Å². The fourth-order valence-corrected chi connectivity index (χ4v) is 3.50. The highest BCUT2D eigenvalue weighted by molar-refractivity contribution is 6.43. The van der Waals surface area contributed by atoms with E-state index in [1.165, 1.54) is 37.3 Å². The molecule has 0 spiro atoms. The van der Waals surface area contributed by atoms with E-state index in [4.69, 9.17) is 11.6 Å². The van der Waals surface area contributed by atoms with Crippen molar-refractivity contribution in [1.82, 2.24) is 19.9 Å². The van der Waals surface area contributed by atoms with Crippen LogP contribution in [0.3, 0.4) is 0 Å². The molecule has 1 N–H and O–H groups in total. The minimum Gasteiger partial charge on any atom is -0.345 e. The lowest BCUT2D eigenvalue weighted by molar-refractivity contribution is -0.124. The number of amides is 1. The van der Waals surface area contributed by atoms with Gasteiger partial charge in [-0.05, 0) is 23.8 Å². The normalized spacial score (nSPS) is 10.9. The fraction of sp³-hybridized carbons (Fsp3) is 0.0909. The van der Waals surface area contributed by atoms with Crippen molar-refractivity contribution in [2.45, 2.75) is 0 Å². The average Bonchev–Trinajstić information content (AvgIpc) is 3.18. The smallest absolute Gasteiger partial charge is 0.294 e. The number of rotatable bonds is 4. The molecule has 0 atom stereocenters. The van der Waals surface area contributed by atoms with E-state index in [0.717, 1.165) is 11.1 Å². The lowest BCUT2D eigenvalue weighted by Crippen LogP contribution is -2.29. The Bertz CT molecular complexity index is 1280. The van der Waals surface area contributed by atoms with Crippen LogP contribution in [0.25, 0.3) is 33.3 Å². The van der Waals surface area contributed by atoms with Gasteiger partial charge >= 0.3 is 0 Å². The molecule has 150 valence electrons. The number of halogens is 2. The third kappa shape index (κ3) is 3.44. The van der Waals surface area contributed by atoms with Gasteiger partial charge in [0.05, 0.1) is 5.02 Å². The molecule has 1 amide bonds. The molecule has 8 heteroatoms. The molecule has 6 nitrogen and oxygen atoms in total. The van der Waals surface area contributed by atoms with Crippen molar-refractivity contribution in [3.05, 3.63) is 71.5 Å². The number of Topliss-reactive ketones (excluding diaryl/α,β-unsaturated/α-hetero) is 1. The number of nitrogens with zero attached hydrogens (tertiary/aromatic N) is 3. The maximum atomic E-state index is 13.3. The van der Waals surface area contributed by atoms with E-state index in [9.17, 15) is 14.0 Å². The summed E-state index contributed by atoms with van der Waals surface area (Å²) in [6.07, 6.45) is 6.23. The van der Waals surface area contributed by atoms with Gasteiger partial charge in [0, 0.05) is 66.5 Å². The molecule has 3 heterocycles. The van der Waals surface area contributed by atoms with E-state index >= 15 is 0 Å². The zero-order valence-corrected chi connectivity index (χ0v) is 16.9. The molecule has 0 unspecified atom stereocenters. The number of pyridine rings is 2. The highest BCUT2D eigenvalue weighted by atomic mass is 35.5. The molecule has 4 aromatic rings. The number of ketones is 1. The Balaban J connectivity index is 1.83. The molecule has 0 bridgehead atoms. The van der Waals surface area contributed by atoms with Gasteiger partial charge < -0.3 is 9.88 Å². The molecule has 0 aliphatic rings. The van der Waals surface area contributed by atoms with Crippen molar-refractivity contribution in [2.24, 2.45) is 0 Å². The summed E-state index contributed by atoms with van der Waals surface area (Å²) in [5, 5.41) is 1.08. The first-order chi connectivity index (χ1) is 14.4. The van der Waals surface area contributed by atoms with Gasteiger partial charge in [0.2, 0.25) is 0 Å². The van der Waals surface area contributed by atoms with E-state index in [2.05, 4.69) is 15.0 Å². The van der Waals surface area contributed by atoms with Crippen molar-refractivity contribution in [3.8, 4) is 22.3 Å². The maximum Gasteiger partial charge on any atom is 0.294 e. The predicted molar refractivity (Wildman–Crippen MR) is 113 cm³/mol. The van der Waals surface area contributed by atoms with Crippen LogP contribution in [0.4, 0.5) is 4.39 Å². The fourth-order valence-electron chi connectivity index (χ4n) is 3.15. The molecule has 0 aliphatic heterocycles. The Morgan fingerprint density at radius 1 is 1.03 bits per heavy atom. The van der Waals surface area contributed by atoms with Crippen LogP contribution in [0.5, 0.6) is 0 Å². The monoisotopic (exact) mass is 422 g/mol. The Kier molecular flexibility index (Phi) is 5.05. The van der Waals surface area contributed by atoms with Crippen LogP contribution in [-0.2, 0) is 4.79 Å². The molecule has 0 radical (unpaired) electrons. The average molecular weight is 423 g/mol. The first-order valence-corrected chi connectivity index (χ1v) is 9.37. The van der Waals surface area contributed by atoms with Gasteiger partial charge in [-0.1, -0.05) is 23.7 Å². The van der Waals surface area contributed by atoms with Crippen molar-refractivity contribution in [1.29, 1.82) is 0 Å². The number of H-pyrrole nitrogens is 1. The molecule has 0 aliphatic carbocycles. The summed E-state index contributed by atoms with van der Waals surface area (Å²) in [4.78, 5) is 37.2. The maximum absolute atomic E-state index is 13.3. The Labute approximate surface area is 176 Å². The van der Waals surface area contributed by atoms with Gasteiger partial charge in [0.1, 0.15) is 11.5 Å². The summed E-state index contributed by atoms with van der Waals surface area (Å²) in [5.41, 5.74) is 3.40. The molecule has 1 aromatic carbocycles. The molecule has 4 rings (SSSR count). The number of benzene rings is 1. The molecular weight excluding hydrogens is 407 g/mol. The molecule has 30 heavy (non-hydrogen) atoms. The lowest BCUT2D eigenvalue weighted by atomic mass is 10.0. The summed E-state index contributed by atoms with van der Waals surface area (Å²) in [6.45, 7) is 0. The number of hydrogen-bond donors (Lipinski definition) is 1. The van der Waals surface area contributed by atoms with Crippen LogP contribution in [-0.4, -0.2) is 45.6 Å². The Morgan fingerprint density at radius 2 is 1.77 bits per heavy atom. The number of aromatic nitrogens is 3. The van der Waals surface area contributed by atoms with Gasteiger partial charge in [0.25, 0.3) is 11.7 Å². The summed E-state index contributed by atoms with van der Waals surface area (Å²) in [6, 6.07) is 7.64. The van der Waals surface area contributed by atoms with E-state index in [-0.39, 0.29) is 11.4 Å². The second-order valence-corrected chi connectivity index (χ2v) is 7.29. The number of nitrogens with one attached hydrogen (secondary N) is 1. The van der Waals surface area contributed by atoms with Crippen molar-refractivity contribution >= 4 is 34.3 Å². The quantitative estimate of drug-likeness (QED) is 0.391. The van der Waals surface area contributed by atoms with E-state index in [0.29, 0.717) is 27.2 Å². The van der Waals surface area contributed by atoms with Crippen LogP contribution in [0.2, 0.25) is 5.02 Å². The highest BCUT2D eigenvalue weighted by Gasteiger charge is 2.20. The summed E-state index contributed by atoms with van der Waals surface area (Å²) < 4.78 is 13.3. The standard InChI is InChI=1S/C22H16ClFN4O2/c1-28(2)22(30)20(29)14-7-13(8-25-9-14)17-11-27-21-18(19(17)23)16(10-26-21)12-3-5-15(24)6-4-12/h3-11H,1-2H3,(H,26,27). The van der Waals surface area contributed by atoms with Crippen LogP contribution in [0, 0.1) is 5.82 Å². The van der Waals surface area contributed by atoms with Crippen molar-refractivity contribution in [3.63, 3.8) is 0 Å². The molecule has 0 saturated heterocycles. The Morgan fingerprint density at radius 3 is 2.47 bits per heavy atom. The van der Waals surface area contributed by atoms with Crippen LogP contribution in [0.1, 0.15) is 10.4 Å². The summed E-state index contributed by atoms with van der Waals surface area (Å²) in [7, 11) is 3.02. The van der Waals surface area contributed by atoms with E-state index in [1.807, 2.05) is 0 Å². The molecule has 0 fully saturated rings. The van der Waals surface area contributed by atoms with Gasteiger partial charge in [-0.2, -0.15) is 0 Å². The van der Waals surface area contributed by atoms with Gasteiger partial charge in [-0.3, -0.25) is 14.6 Å². The number of carbonyl (C=O) groups excluding carboxylic acids is 2. The third-order valence-corrected chi connectivity index (χ3v) is 5.10. The van der Waals surface area contributed by atoms with Crippen molar-refractivity contribution in [2.75, 3.05) is 14.1 Å². The van der Waals surface area contributed by atoms with Crippen LogP contribution in [0.15, 0.2) is 55.1 Å². The number of fused-ring (bicyclic) bond motifs is 1. The number of likely N-dealkylation sites (N-methyl/N-ethyl adjacent to an activating group) is 1. The van der Waals surface area contributed by atoms with Crippen LogP contribution >= 0.6 is 11.6 Å². The molecule has 3 aromatic heterocycles. The van der Waals surface area contributed by atoms with Crippen molar-refractivity contribution < 1.29 is 14.0 Å². The first kappa shape index (κ1) is 19.7. The minimum absolute atomic E-state index is 0.162. The van der Waals surface area contributed by atoms with Gasteiger partial charge in [-0.15, -0.1) is 0 Å². The second kappa shape index (κ2) is 7.68. The predicted octanol–water partition coefficient (Wildman–Crippen LogP) is 4.36. The number of carbonyl (C=O) groups is 2. The zero-order chi connectivity index (χ0) is 21.4.